The van der Waals surface area contributed by atoms with E-state index in [1.54, 1.807) is 42.5 Å². The van der Waals surface area contributed by atoms with Gasteiger partial charge in [0, 0.05) is 17.8 Å². The summed E-state index contributed by atoms with van der Waals surface area (Å²) in [6, 6.07) is 10.4. The Labute approximate surface area is 173 Å². The van der Waals surface area contributed by atoms with Crippen molar-refractivity contribution in [1.82, 2.24) is 0 Å². The molecule has 1 amide bonds. The summed E-state index contributed by atoms with van der Waals surface area (Å²) in [5.41, 5.74) is 1.28. The number of fused-ring (bicyclic) bond motifs is 2. The summed E-state index contributed by atoms with van der Waals surface area (Å²) in [7, 11) is 0. The van der Waals surface area contributed by atoms with Crippen molar-refractivity contribution in [3.63, 3.8) is 0 Å². The monoisotopic (exact) mass is 411 g/mol. The number of hydrogen-bond acceptors (Lipinski definition) is 7. The lowest BCUT2D eigenvalue weighted by Crippen LogP contribution is -2.29. The first kappa shape index (κ1) is 19.6. The average Bonchev–Trinajstić information content (AvgIpc) is 2.77. The highest BCUT2D eigenvalue weighted by Gasteiger charge is 2.19. The zero-order chi connectivity index (χ0) is 20.9. The molecule has 2 aliphatic rings. The fourth-order valence-electron chi connectivity index (χ4n) is 2.96. The third-order valence-electron chi connectivity index (χ3n) is 4.45. The van der Waals surface area contributed by atoms with E-state index in [4.69, 9.17) is 23.7 Å². The summed E-state index contributed by atoms with van der Waals surface area (Å²) in [5.74, 6) is 1.41. The molecule has 0 aliphatic carbocycles. The van der Waals surface area contributed by atoms with Crippen LogP contribution in [0.1, 0.15) is 12.5 Å². The predicted molar refractivity (Wildman–Crippen MR) is 108 cm³/mol. The Hall–Kier alpha value is -3.68. The molecule has 0 saturated heterocycles. The zero-order valence-corrected chi connectivity index (χ0v) is 16.4. The van der Waals surface area contributed by atoms with Crippen LogP contribution in [-0.2, 0) is 14.3 Å². The number of nitrogens with one attached hydrogen (secondary N) is 1. The van der Waals surface area contributed by atoms with Crippen LogP contribution in [-0.4, -0.2) is 44.4 Å². The minimum Gasteiger partial charge on any atom is -0.486 e. The number of carbonyl (C=O) groups excluding carboxylic acids is 2. The van der Waals surface area contributed by atoms with E-state index in [0.717, 1.165) is 5.56 Å². The maximum absolute atomic E-state index is 12.3. The molecule has 0 fully saturated rings. The van der Waals surface area contributed by atoms with E-state index in [1.807, 2.05) is 0 Å². The summed E-state index contributed by atoms with van der Waals surface area (Å²) in [5, 5.41) is 2.70. The highest BCUT2D eigenvalue weighted by molar-refractivity contribution is 5.96. The predicted octanol–water partition coefficient (Wildman–Crippen LogP) is 2.81. The van der Waals surface area contributed by atoms with Crippen molar-refractivity contribution >= 4 is 23.6 Å². The van der Waals surface area contributed by atoms with Crippen molar-refractivity contribution in [3.05, 3.63) is 48.0 Å². The second-order valence-electron chi connectivity index (χ2n) is 6.66. The lowest BCUT2D eigenvalue weighted by atomic mass is 10.2. The van der Waals surface area contributed by atoms with Gasteiger partial charge in [0.25, 0.3) is 5.91 Å². The first-order chi connectivity index (χ1) is 14.6. The maximum atomic E-state index is 12.3. The topological polar surface area (TPSA) is 92.3 Å². The fourth-order valence-corrected chi connectivity index (χ4v) is 2.96. The Kier molecular flexibility index (Phi) is 5.74. The molecule has 8 heteroatoms. The number of amides is 1. The van der Waals surface area contributed by atoms with Gasteiger partial charge in [-0.05, 0) is 42.8 Å². The molecule has 1 N–H and O–H groups in total. The Morgan fingerprint density at radius 2 is 1.50 bits per heavy atom. The summed E-state index contributed by atoms with van der Waals surface area (Å²) in [6.45, 7) is 3.45. The number of rotatable bonds is 5. The van der Waals surface area contributed by atoms with Gasteiger partial charge in [0.05, 0.1) is 0 Å². The summed E-state index contributed by atoms with van der Waals surface area (Å²) in [4.78, 5) is 24.4. The molecule has 0 unspecified atom stereocenters. The molecular weight excluding hydrogens is 390 g/mol. The molecule has 8 nitrogen and oxygen atoms in total. The Morgan fingerprint density at radius 1 is 0.900 bits per heavy atom. The second-order valence-corrected chi connectivity index (χ2v) is 6.66. The Balaban J connectivity index is 1.31. The molecule has 2 aliphatic heterocycles. The van der Waals surface area contributed by atoms with Crippen molar-refractivity contribution in [2.24, 2.45) is 0 Å². The van der Waals surface area contributed by atoms with Crippen LogP contribution in [0.2, 0.25) is 0 Å². The first-order valence-corrected chi connectivity index (χ1v) is 9.57. The summed E-state index contributed by atoms with van der Waals surface area (Å²) in [6.07, 6.45) is 1.88. The number of benzene rings is 2. The zero-order valence-electron chi connectivity index (χ0n) is 16.4. The lowest BCUT2D eigenvalue weighted by Gasteiger charge is -2.19. The molecule has 0 radical (unpaired) electrons. The van der Waals surface area contributed by atoms with E-state index in [2.05, 4.69) is 5.32 Å². The molecule has 1 atom stereocenters. The fraction of sp³-hybridized carbons (Fsp3) is 0.273. The quantitative estimate of drug-likeness (QED) is 0.597. The maximum Gasteiger partial charge on any atom is 0.331 e. The van der Waals surface area contributed by atoms with Gasteiger partial charge in [0.2, 0.25) is 0 Å². The molecule has 2 heterocycles. The van der Waals surface area contributed by atoms with Gasteiger partial charge in [0.15, 0.2) is 29.1 Å². The molecule has 0 bridgehead atoms. The van der Waals surface area contributed by atoms with Crippen LogP contribution in [0.4, 0.5) is 5.69 Å². The van der Waals surface area contributed by atoms with E-state index >= 15 is 0 Å². The van der Waals surface area contributed by atoms with Crippen LogP contribution >= 0.6 is 0 Å². The SMILES string of the molecule is C[C@H](OC(=O)/C=C/c1ccc2c(c1)OCCO2)C(=O)Nc1ccc2c(c1)OCCO2. The molecule has 30 heavy (non-hydrogen) atoms. The number of carbonyl (C=O) groups is 2. The Bertz CT molecular complexity index is 985. The van der Waals surface area contributed by atoms with Gasteiger partial charge in [-0.3, -0.25) is 4.79 Å². The van der Waals surface area contributed by atoms with Crippen LogP contribution in [0, 0.1) is 0 Å². The highest BCUT2D eigenvalue weighted by atomic mass is 16.6. The number of anilines is 1. The van der Waals surface area contributed by atoms with Crippen molar-refractivity contribution in [2.45, 2.75) is 13.0 Å². The van der Waals surface area contributed by atoms with Crippen molar-refractivity contribution in [2.75, 3.05) is 31.7 Å². The van der Waals surface area contributed by atoms with Gasteiger partial charge in [-0.1, -0.05) is 6.07 Å². The van der Waals surface area contributed by atoms with E-state index in [9.17, 15) is 9.59 Å². The van der Waals surface area contributed by atoms with E-state index in [-0.39, 0.29) is 0 Å². The summed E-state index contributed by atoms with van der Waals surface area (Å²) < 4.78 is 27.1. The molecule has 0 spiro atoms. The van der Waals surface area contributed by atoms with Crippen LogP contribution in [0.3, 0.4) is 0 Å². The standard InChI is InChI=1S/C22H21NO7/c1-14(22(25)23-16-4-6-18-20(13-16)29-11-9-27-18)30-21(24)7-3-15-2-5-17-19(12-15)28-10-8-26-17/h2-7,12-14H,8-11H2,1H3,(H,23,25)/b7-3+/t14-/m0/s1. The van der Waals surface area contributed by atoms with Crippen LogP contribution in [0.5, 0.6) is 23.0 Å². The minimum absolute atomic E-state index is 0.451. The van der Waals surface area contributed by atoms with E-state index < -0.39 is 18.0 Å². The molecule has 2 aromatic carbocycles. The van der Waals surface area contributed by atoms with Gasteiger partial charge < -0.3 is 29.0 Å². The van der Waals surface area contributed by atoms with Crippen LogP contribution in [0.15, 0.2) is 42.5 Å². The highest BCUT2D eigenvalue weighted by Crippen LogP contribution is 2.33. The molecule has 4 rings (SSSR count). The van der Waals surface area contributed by atoms with E-state index in [0.29, 0.717) is 55.1 Å². The van der Waals surface area contributed by atoms with Gasteiger partial charge in [-0.25, -0.2) is 4.79 Å². The van der Waals surface area contributed by atoms with Crippen molar-refractivity contribution in [3.8, 4) is 23.0 Å². The number of ether oxygens (including phenoxy) is 5. The minimum atomic E-state index is -0.976. The van der Waals surface area contributed by atoms with E-state index in [1.165, 1.54) is 13.0 Å². The molecule has 156 valence electrons. The first-order valence-electron chi connectivity index (χ1n) is 9.57. The van der Waals surface area contributed by atoms with Crippen LogP contribution < -0.4 is 24.3 Å². The molecular formula is C22H21NO7. The van der Waals surface area contributed by atoms with Crippen molar-refractivity contribution in [1.29, 1.82) is 0 Å². The molecule has 2 aromatic rings. The largest absolute Gasteiger partial charge is 0.486 e. The summed E-state index contributed by atoms with van der Waals surface area (Å²) >= 11 is 0. The molecule has 0 aromatic heterocycles. The smallest absolute Gasteiger partial charge is 0.331 e. The Morgan fingerprint density at radius 3 is 2.20 bits per heavy atom. The third-order valence-corrected chi connectivity index (χ3v) is 4.45. The van der Waals surface area contributed by atoms with Gasteiger partial charge in [0.1, 0.15) is 26.4 Å². The number of esters is 1. The van der Waals surface area contributed by atoms with Gasteiger partial charge in [-0.2, -0.15) is 0 Å². The number of hydrogen-bond donors (Lipinski definition) is 1. The lowest BCUT2D eigenvalue weighted by molar-refractivity contribution is -0.148. The second kappa shape index (κ2) is 8.77. The van der Waals surface area contributed by atoms with Gasteiger partial charge in [-0.15, -0.1) is 0 Å². The normalized spacial score (nSPS) is 15.4. The molecule has 0 saturated carbocycles. The average molecular weight is 411 g/mol. The third kappa shape index (κ3) is 4.65. The van der Waals surface area contributed by atoms with Crippen molar-refractivity contribution < 1.29 is 33.3 Å². The van der Waals surface area contributed by atoms with Gasteiger partial charge >= 0.3 is 5.97 Å². The van der Waals surface area contributed by atoms with Crippen LogP contribution in [0.25, 0.3) is 6.08 Å².